The average molecular weight is 218 g/mol. The van der Waals surface area contributed by atoms with Crippen LogP contribution in [0.15, 0.2) is 18.2 Å². The molecular weight excluding hydrogens is 200 g/mol. The zero-order valence-electron chi connectivity index (χ0n) is 9.48. The second-order valence-electron chi connectivity index (χ2n) is 4.99. The van der Waals surface area contributed by atoms with Crippen molar-refractivity contribution in [3.63, 3.8) is 0 Å². The standard InChI is InChI=1S/C14H18O2/c15-13-5-1-4-12-11(13)3-2-6-14(12)16-9-10-7-8-10/h2-3,6,10,13,15H,1,4-5,7-9H2. The predicted octanol–water partition coefficient (Wildman–Crippen LogP) is 2.85. The van der Waals surface area contributed by atoms with Crippen LogP contribution >= 0.6 is 0 Å². The van der Waals surface area contributed by atoms with Crippen molar-refractivity contribution < 1.29 is 9.84 Å². The molecule has 16 heavy (non-hydrogen) atoms. The Morgan fingerprint density at radius 2 is 2.12 bits per heavy atom. The second-order valence-corrected chi connectivity index (χ2v) is 4.99. The molecule has 0 saturated heterocycles. The smallest absolute Gasteiger partial charge is 0.122 e. The Bertz CT molecular complexity index is 382. The molecule has 0 aromatic heterocycles. The van der Waals surface area contributed by atoms with Crippen molar-refractivity contribution in [1.82, 2.24) is 0 Å². The summed E-state index contributed by atoms with van der Waals surface area (Å²) in [5, 5.41) is 9.92. The van der Waals surface area contributed by atoms with Crippen LogP contribution < -0.4 is 4.74 Å². The molecule has 3 rings (SSSR count). The lowest BCUT2D eigenvalue weighted by molar-refractivity contribution is 0.155. The molecule has 1 N–H and O–H groups in total. The van der Waals surface area contributed by atoms with Crippen molar-refractivity contribution in [1.29, 1.82) is 0 Å². The molecule has 1 atom stereocenters. The quantitative estimate of drug-likeness (QED) is 0.845. The fraction of sp³-hybridized carbons (Fsp3) is 0.571. The lowest BCUT2D eigenvalue weighted by Gasteiger charge is -2.23. The Kier molecular flexibility index (Phi) is 2.60. The maximum atomic E-state index is 9.92. The third-order valence-electron chi connectivity index (χ3n) is 3.60. The summed E-state index contributed by atoms with van der Waals surface area (Å²) in [5.74, 6) is 1.78. The van der Waals surface area contributed by atoms with Crippen molar-refractivity contribution in [2.75, 3.05) is 6.61 Å². The topological polar surface area (TPSA) is 29.5 Å². The fourth-order valence-corrected chi connectivity index (χ4v) is 2.42. The van der Waals surface area contributed by atoms with Crippen LogP contribution in [-0.2, 0) is 6.42 Å². The maximum Gasteiger partial charge on any atom is 0.122 e. The summed E-state index contributed by atoms with van der Waals surface area (Å²) in [6.07, 6.45) is 5.35. The number of aliphatic hydroxyl groups is 1. The molecule has 86 valence electrons. The summed E-state index contributed by atoms with van der Waals surface area (Å²) >= 11 is 0. The SMILES string of the molecule is OC1CCCc2c(OCC3CC3)cccc21. The first-order valence-corrected chi connectivity index (χ1v) is 6.27. The number of hydrogen-bond donors (Lipinski definition) is 1. The lowest BCUT2D eigenvalue weighted by Crippen LogP contribution is -2.11. The van der Waals surface area contributed by atoms with Gasteiger partial charge in [0.05, 0.1) is 12.7 Å². The van der Waals surface area contributed by atoms with Crippen LogP contribution in [0, 0.1) is 5.92 Å². The molecule has 0 radical (unpaired) electrons. The van der Waals surface area contributed by atoms with E-state index in [9.17, 15) is 5.11 Å². The van der Waals surface area contributed by atoms with E-state index in [-0.39, 0.29) is 6.10 Å². The van der Waals surface area contributed by atoms with Crippen molar-refractivity contribution in [3.05, 3.63) is 29.3 Å². The largest absolute Gasteiger partial charge is 0.493 e. The van der Waals surface area contributed by atoms with Gasteiger partial charge in [-0.1, -0.05) is 12.1 Å². The summed E-state index contributed by atoms with van der Waals surface area (Å²) in [6, 6.07) is 6.07. The average Bonchev–Trinajstić information content (AvgIpc) is 3.11. The monoisotopic (exact) mass is 218 g/mol. The van der Waals surface area contributed by atoms with Crippen molar-refractivity contribution in [3.8, 4) is 5.75 Å². The van der Waals surface area contributed by atoms with Gasteiger partial charge in [0.15, 0.2) is 0 Å². The van der Waals surface area contributed by atoms with Gasteiger partial charge < -0.3 is 9.84 Å². The highest BCUT2D eigenvalue weighted by Gasteiger charge is 2.24. The number of ether oxygens (including phenoxy) is 1. The minimum atomic E-state index is -0.284. The highest BCUT2D eigenvalue weighted by atomic mass is 16.5. The van der Waals surface area contributed by atoms with Gasteiger partial charge >= 0.3 is 0 Å². The molecule has 2 aliphatic rings. The molecule has 1 aromatic rings. The summed E-state index contributed by atoms with van der Waals surface area (Å²) in [6.45, 7) is 0.854. The van der Waals surface area contributed by atoms with E-state index in [0.717, 1.165) is 43.1 Å². The van der Waals surface area contributed by atoms with E-state index in [4.69, 9.17) is 4.74 Å². The van der Waals surface area contributed by atoms with Crippen LogP contribution in [0.2, 0.25) is 0 Å². The van der Waals surface area contributed by atoms with Crippen molar-refractivity contribution in [2.45, 2.75) is 38.2 Å². The van der Waals surface area contributed by atoms with Crippen LogP contribution in [0.25, 0.3) is 0 Å². The van der Waals surface area contributed by atoms with E-state index < -0.39 is 0 Å². The zero-order valence-corrected chi connectivity index (χ0v) is 9.48. The van der Waals surface area contributed by atoms with Gasteiger partial charge in [0, 0.05) is 0 Å². The number of fused-ring (bicyclic) bond motifs is 1. The first kappa shape index (κ1) is 10.2. The Balaban J connectivity index is 1.83. The van der Waals surface area contributed by atoms with Crippen molar-refractivity contribution >= 4 is 0 Å². The Labute approximate surface area is 96.2 Å². The molecule has 0 heterocycles. The first-order chi connectivity index (χ1) is 7.84. The highest BCUT2D eigenvalue weighted by Crippen LogP contribution is 2.36. The molecule has 2 heteroatoms. The molecule has 2 nitrogen and oxygen atoms in total. The van der Waals surface area contributed by atoms with Gasteiger partial charge in [-0.15, -0.1) is 0 Å². The van der Waals surface area contributed by atoms with E-state index in [1.165, 1.54) is 18.4 Å². The van der Waals surface area contributed by atoms with Crippen LogP contribution in [0.1, 0.15) is 42.9 Å². The van der Waals surface area contributed by atoms with Gasteiger partial charge in [-0.3, -0.25) is 0 Å². The van der Waals surface area contributed by atoms with E-state index in [2.05, 4.69) is 0 Å². The van der Waals surface area contributed by atoms with E-state index in [1.54, 1.807) is 0 Å². The van der Waals surface area contributed by atoms with Gasteiger partial charge in [-0.25, -0.2) is 0 Å². The van der Waals surface area contributed by atoms with Gasteiger partial charge in [0.2, 0.25) is 0 Å². The number of hydrogen-bond acceptors (Lipinski definition) is 2. The normalized spacial score (nSPS) is 23.9. The molecule has 1 unspecified atom stereocenters. The van der Waals surface area contributed by atoms with Crippen LogP contribution in [-0.4, -0.2) is 11.7 Å². The summed E-state index contributed by atoms with van der Waals surface area (Å²) in [7, 11) is 0. The summed E-state index contributed by atoms with van der Waals surface area (Å²) < 4.78 is 5.87. The van der Waals surface area contributed by atoms with Gasteiger partial charge in [-0.05, 0) is 55.2 Å². The van der Waals surface area contributed by atoms with Gasteiger partial charge in [0.25, 0.3) is 0 Å². The minimum absolute atomic E-state index is 0.284. The molecule has 0 amide bonds. The van der Waals surface area contributed by atoms with Crippen molar-refractivity contribution in [2.24, 2.45) is 5.92 Å². The Morgan fingerprint density at radius 1 is 1.25 bits per heavy atom. The van der Waals surface area contributed by atoms with E-state index in [1.807, 2.05) is 18.2 Å². The second kappa shape index (κ2) is 4.10. The molecule has 0 aliphatic heterocycles. The fourth-order valence-electron chi connectivity index (χ4n) is 2.42. The molecule has 1 aromatic carbocycles. The first-order valence-electron chi connectivity index (χ1n) is 6.27. The van der Waals surface area contributed by atoms with Crippen LogP contribution in [0.4, 0.5) is 0 Å². The third-order valence-corrected chi connectivity index (χ3v) is 3.60. The molecule has 2 aliphatic carbocycles. The Morgan fingerprint density at radius 3 is 2.94 bits per heavy atom. The van der Waals surface area contributed by atoms with E-state index >= 15 is 0 Å². The van der Waals surface area contributed by atoms with E-state index in [0.29, 0.717) is 0 Å². The number of benzene rings is 1. The molecular formula is C14H18O2. The minimum Gasteiger partial charge on any atom is -0.493 e. The number of rotatable bonds is 3. The Hall–Kier alpha value is -1.02. The summed E-state index contributed by atoms with van der Waals surface area (Å²) in [4.78, 5) is 0. The summed E-state index contributed by atoms with van der Waals surface area (Å²) in [5.41, 5.74) is 2.32. The molecule has 0 spiro atoms. The lowest BCUT2D eigenvalue weighted by atomic mass is 9.89. The van der Waals surface area contributed by atoms with Crippen LogP contribution in [0.5, 0.6) is 5.75 Å². The van der Waals surface area contributed by atoms with Crippen LogP contribution in [0.3, 0.4) is 0 Å². The highest BCUT2D eigenvalue weighted by molar-refractivity contribution is 5.42. The van der Waals surface area contributed by atoms with Gasteiger partial charge in [0.1, 0.15) is 5.75 Å². The maximum absolute atomic E-state index is 9.92. The third kappa shape index (κ3) is 1.94. The molecule has 1 saturated carbocycles. The molecule has 1 fully saturated rings. The van der Waals surface area contributed by atoms with Gasteiger partial charge in [-0.2, -0.15) is 0 Å². The molecule has 0 bridgehead atoms. The predicted molar refractivity (Wildman–Crippen MR) is 62.6 cm³/mol. The zero-order chi connectivity index (χ0) is 11.0. The number of aliphatic hydroxyl groups excluding tert-OH is 1.